The summed E-state index contributed by atoms with van der Waals surface area (Å²) in [4.78, 5) is 15.2. The minimum absolute atomic E-state index is 0. The Bertz CT molecular complexity index is 616. The van der Waals surface area contributed by atoms with Gasteiger partial charge in [-0.2, -0.15) is 0 Å². The van der Waals surface area contributed by atoms with Crippen molar-refractivity contribution in [1.29, 1.82) is 0 Å². The van der Waals surface area contributed by atoms with E-state index >= 15 is 0 Å². The smallest absolute Gasteiger partial charge is 0.260 e. The second kappa shape index (κ2) is 10.9. The summed E-state index contributed by atoms with van der Waals surface area (Å²) in [7, 11) is 1.60. The molecule has 1 amide bonds. The predicted molar refractivity (Wildman–Crippen MR) is 112 cm³/mol. The molecule has 1 aliphatic carbocycles. The molecule has 1 aromatic rings. The Morgan fingerprint density at radius 3 is 2.46 bits per heavy atom. The van der Waals surface area contributed by atoms with Gasteiger partial charge in [-0.15, -0.1) is 12.4 Å². The molecule has 1 saturated heterocycles. The minimum Gasteiger partial charge on any atom is -0.493 e. The van der Waals surface area contributed by atoms with E-state index < -0.39 is 6.10 Å². The molecule has 1 aromatic carbocycles. The van der Waals surface area contributed by atoms with E-state index in [4.69, 9.17) is 14.2 Å². The maximum Gasteiger partial charge on any atom is 0.260 e. The highest BCUT2D eigenvalue weighted by atomic mass is 35.5. The standard InChI is InChI=1S/C21H32N2O4.ClH/c1-17(27-19-9-5-4-8-18(19)25-2)20(24)22-16-21(10-6-3-7-11-21)23-12-14-26-15-13-23;/h4-5,8-9,17H,3,6-7,10-16H2,1-2H3,(H,22,24);1H. The molecule has 2 aliphatic rings. The Labute approximate surface area is 174 Å². The second-order valence-corrected chi connectivity index (χ2v) is 7.51. The van der Waals surface area contributed by atoms with E-state index in [-0.39, 0.29) is 23.9 Å². The lowest BCUT2D eigenvalue weighted by atomic mass is 9.79. The maximum atomic E-state index is 12.7. The van der Waals surface area contributed by atoms with E-state index in [9.17, 15) is 4.79 Å². The molecule has 0 bridgehead atoms. The Hall–Kier alpha value is -1.50. The van der Waals surface area contributed by atoms with Crippen LogP contribution in [0.2, 0.25) is 0 Å². The lowest BCUT2D eigenvalue weighted by molar-refractivity contribution is -0.128. The van der Waals surface area contributed by atoms with Crippen LogP contribution in [0.1, 0.15) is 39.0 Å². The van der Waals surface area contributed by atoms with E-state index in [0.717, 1.165) is 39.1 Å². The number of benzene rings is 1. The summed E-state index contributed by atoms with van der Waals surface area (Å²) >= 11 is 0. The maximum absolute atomic E-state index is 12.7. The molecular formula is C21H33ClN2O4. The quantitative estimate of drug-likeness (QED) is 0.745. The van der Waals surface area contributed by atoms with Crippen molar-refractivity contribution in [3.63, 3.8) is 0 Å². The average Bonchev–Trinajstić information content (AvgIpc) is 2.73. The number of rotatable bonds is 7. The second-order valence-electron chi connectivity index (χ2n) is 7.51. The molecule has 1 aliphatic heterocycles. The van der Waals surface area contributed by atoms with Crippen LogP contribution in [-0.4, -0.2) is 62.4 Å². The fraction of sp³-hybridized carbons (Fsp3) is 0.667. The number of methoxy groups -OCH3 is 1. The van der Waals surface area contributed by atoms with Crippen LogP contribution in [0, 0.1) is 0 Å². The number of halogens is 1. The summed E-state index contributed by atoms with van der Waals surface area (Å²) in [6.45, 7) is 5.91. The van der Waals surface area contributed by atoms with Gasteiger partial charge in [-0.25, -0.2) is 0 Å². The van der Waals surface area contributed by atoms with Gasteiger partial charge in [-0.1, -0.05) is 31.4 Å². The monoisotopic (exact) mass is 412 g/mol. The van der Waals surface area contributed by atoms with Crippen LogP contribution in [0.5, 0.6) is 11.5 Å². The van der Waals surface area contributed by atoms with Gasteiger partial charge in [-0.3, -0.25) is 9.69 Å². The lowest BCUT2D eigenvalue weighted by Gasteiger charge is -2.48. The Morgan fingerprint density at radius 1 is 1.18 bits per heavy atom. The highest BCUT2D eigenvalue weighted by molar-refractivity contribution is 5.85. The van der Waals surface area contributed by atoms with E-state index in [0.29, 0.717) is 18.0 Å². The van der Waals surface area contributed by atoms with Gasteiger partial charge in [0.15, 0.2) is 17.6 Å². The number of hydrogen-bond acceptors (Lipinski definition) is 5. The molecule has 158 valence electrons. The van der Waals surface area contributed by atoms with E-state index in [1.54, 1.807) is 14.0 Å². The van der Waals surface area contributed by atoms with Crippen LogP contribution in [-0.2, 0) is 9.53 Å². The number of carbonyl (C=O) groups is 1. The Morgan fingerprint density at radius 2 is 1.82 bits per heavy atom. The van der Waals surface area contributed by atoms with Crippen molar-refractivity contribution in [2.45, 2.75) is 50.7 Å². The first-order valence-corrected chi connectivity index (χ1v) is 10.0. The highest BCUT2D eigenvalue weighted by Gasteiger charge is 2.39. The molecule has 3 rings (SSSR count). The van der Waals surface area contributed by atoms with Gasteiger partial charge < -0.3 is 19.5 Å². The van der Waals surface area contributed by atoms with Crippen molar-refractivity contribution in [3.8, 4) is 11.5 Å². The first kappa shape index (κ1) is 22.8. The Kier molecular flexibility index (Phi) is 8.86. The van der Waals surface area contributed by atoms with Gasteiger partial charge in [0, 0.05) is 25.2 Å². The normalized spacial score (nSPS) is 20.5. The van der Waals surface area contributed by atoms with Crippen molar-refractivity contribution in [2.75, 3.05) is 40.0 Å². The SMILES string of the molecule is COc1ccccc1OC(C)C(=O)NCC1(N2CCOCC2)CCCCC1.Cl. The first-order valence-electron chi connectivity index (χ1n) is 10.0. The number of carbonyl (C=O) groups excluding carboxylic acids is 1. The van der Waals surface area contributed by atoms with Gasteiger partial charge in [-0.05, 0) is 31.9 Å². The molecule has 0 aromatic heterocycles. The average molecular weight is 413 g/mol. The molecule has 2 fully saturated rings. The summed E-state index contributed by atoms with van der Waals surface area (Å²) in [5.41, 5.74) is 0.0574. The number of amides is 1. The number of ether oxygens (including phenoxy) is 3. The fourth-order valence-corrected chi connectivity index (χ4v) is 4.21. The highest BCUT2D eigenvalue weighted by Crippen LogP contribution is 2.34. The number of para-hydroxylation sites is 2. The zero-order chi connectivity index (χ0) is 19.1. The zero-order valence-electron chi connectivity index (χ0n) is 16.9. The summed E-state index contributed by atoms with van der Waals surface area (Å²) in [6, 6.07) is 7.40. The van der Waals surface area contributed by atoms with Gasteiger partial charge in [0.2, 0.25) is 0 Å². The molecule has 0 spiro atoms. The number of nitrogens with one attached hydrogen (secondary N) is 1. The number of hydrogen-bond donors (Lipinski definition) is 1. The number of morpholine rings is 1. The third-order valence-corrected chi connectivity index (χ3v) is 5.80. The summed E-state index contributed by atoms with van der Waals surface area (Å²) in [6.07, 6.45) is 5.42. The molecular weight excluding hydrogens is 380 g/mol. The van der Waals surface area contributed by atoms with Gasteiger partial charge in [0.1, 0.15) is 0 Å². The van der Waals surface area contributed by atoms with Crippen LogP contribution >= 0.6 is 12.4 Å². The molecule has 1 atom stereocenters. The molecule has 1 heterocycles. The van der Waals surface area contributed by atoms with E-state index in [1.165, 1.54) is 19.3 Å². The van der Waals surface area contributed by atoms with Crippen LogP contribution in [0.15, 0.2) is 24.3 Å². The van der Waals surface area contributed by atoms with Crippen molar-refractivity contribution < 1.29 is 19.0 Å². The summed E-state index contributed by atoms with van der Waals surface area (Å²) in [5, 5.41) is 3.16. The summed E-state index contributed by atoms with van der Waals surface area (Å²) < 4.78 is 16.7. The molecule has 1 unspecified atom stereocenters. The number of nitrogens with zero attached hydrogens (tertiary/aromatic N) is 1. The summed E-state index contributed by atoms with van der Waals surface area (Å²) in [5.74, 6) is 1.14. The van der Waals surface area contributed by atoms with E-state index in [2.05, 4.69) is 10.2 Å². The molecule has 1 saturated carbocycles. The topological polar surface area (TPSA) is 60.0 Å². The molecule has 7 heteroatoms. The fourth-order valence-electron chi connectivity index (χ4n) is 4.21. The lowest BCUT2D eigenvalue weighted by Crippen LogP contribution is -2.60. The molecule has 28 heavy (non-hydrogen) atoms. The molecule has 6 nitrogen and oxygen atoms in total. The third kappa shape index (κ3) is 5.52. The van der Waals surface area contributed by atoms with Crippen LogP contribution in [0.25, 0.3) is 0 Å². The first-order chi connectivity index (χ1) is 13.1. The van der Waals surface area contributed by atoms with Crippen molar-refractivity contribution in [1.82, 2.24) is 10.2 Å². The van der Waals surface area contributed by atoms with E-state index in [1.807, 2.05) is 24.3 Å². The third-order valence-electron chi connectivity index (χ3n) is 5.80. The van der Waals surface area contributed by atoms with Crippen molar-refractivity contribution >= 4 is 18.3 Å². The zero-order valence-corrected chi connectivity index (χ0v) is 17.8. The van der Waals surface area contributed by atoms with Gasteiger partial charge >= 0.3 is 0 Å². The largest absolute Gasteiger partial charge is 0.493 e. The molecule has 0 radical (unpaired) electrons. The van der Waals surface area contributed by atoms with Crippen LogP contribution in [0.4, 0.5) is 0 Å². The van der Waals surface area contributed by atoms with Crippen LogP contribution < -0.4 is 14.8 Å². The van der Waals surface area contributed by atoms with Crippen LogP contribution in [0.3, 0.4) is 0 Å². The predicted octanol–water partition coefficient (Wildman–Crippen LogP) is 3.04. The Balaban J connectivity index is 0.00000280. The van der Waals surface area contributed by atoms with Crippen molar-refractivity contribution in [2.24, 2.45) is 0 Å². The van der Waals surface area contributed by atoms with Gasteiger partial charge in [0.25, 0.3) is 5.91 Å². The minimum atomic E-state index is -0.577. The van der Waals surface area contributed by atoms with Gasteiger partial charge in [0.05, 0.1) is 20.3 Å². The van der Waals surface area contributed by atoms with Crippen molar-refractivity contribution in [3.05, 3.63) is 24.3 Å². The molecule has 1 N–H and O–H groups in total.